The van der Waals surface area contributed by atoms with Crippen molar-refractivity contribution < 1.29 is 9.18 Å². The highest BCUT2D eigenvalue weighted by atomic mass is 32.2. The number of carbonyl (C=O) groups is 1. The van der Waals surface area contributed by atoms with Gasteiger partial charge < -0.3 is 9.13 Å². The number of carbonyl (C=O) groups excluding carboxylic acids is 1. The van der Waals surface area contributed by atoms with Gasteiger partial charge in [0.2, 0.25) is 0 Å². The molecule has 5 nitrogen and oxygen atoms in total. The maximum absolute atomic E-state index is 14.3. The number of hydrogen-bond donors (Lipinski definition) is 0. The Morgan fingerprint density at radius 1 is 1.00 bits per heavy atom. The summed E-state index contributed by atoms with van der Waals surface area (Å²) in [5.41, 5.74) is 3.74. The van der Waals surface area contributed by atoms with Crippen molar-refractivity contribution in [3.8, 4) is 5.69 Å². The fourth-order valence-corrected chi connectivity index (χ4v) is 4.54. The van der Waals surface area contributed by atoms with E-state index in [-0.39, 0.29) is 17.4 Å². The van der Waals surface area contributed by atoms with E-state index in [1.807, 2.05) is 49.6 Å². The predicted octanol–water partition coefficient (Wildman–Crippen LogP) is 5.16. The number of benzene rings is 2. The summed E-state index contributed by atoms with van der Waals surface area (Å²) in [6, 6.07) is 18.5. The standard InChI is InChI=1S/C24H23FN4OS/c1-16-13-20(17(2)29(16)22-12-8-7-11-21(22)25)23(30)15-31-24-27-26-18(3)28(24)14-19-9-5-4-6-10-19/h4-13H,14-15H2,1-3H3. The molecule has 0 atom stereocenters. The average molecular weight is 435 g/mol. The minimum Gasteiger partial charge on any atom is -0.315 e. The zero-order valence-electron chi connectivity index (χ0n) is 17.7. The van der Waals surface area contributed by atoms with Gasteiger partial charge >= 0.3 is 0 Å². The van der Waals surface area contributed by atoms with Gasteiger partial charge in [0.15, 0.2) is 10.9 Å². The molecule has 0 fully saturated rings. The van der Waals surface area contributed by atoms with Gasteiger partial charge in [-0.25, -0.2) is 4.39 Å². The van der Waals surface area contributed by atoms with E-state index in [0.717, 1.165) is 22.8 Å². The minimum absolute atomic E-state index is 0.0207. The number of hydrogen-bond acceptors (Lipinski definition) is 4. The van der Waals surface area contributed by atoms with Crippen molar-refractivity contribution in [3.05, 3.63) is 94.8 Å². The Balaban J connectivity index is 1.53. The quantitative estimate of drug-likeness (QED) is 0.298. The summed E-state index contributed by atoms with van der Waals surface area (Å²) in [7, 11) is 0. The number of rotatable bonds is 7. The van der Waals surface area contributed by atoms with Gasteiger partial charge in [0.25, 0.3) is 0 Å². The Morgan fingerprint density at radius 2 is 1.71 bits per heavy atom. The van der Waals surface area contributed by atoms with Gasteiger partial charge in [0.1, 0.15) is 11.6 Å². The van der Waals surface area contributed by atoms with Crippen molar-refractivity contribution >= 4 is 17.5 Å². The van der Waals surface area contributed by atoms with Gasteiger partial charge in [-0.1, -0.05) is 54.2 Å². The van der Waals surface area contributed by atoms with Gasteiger partial charge in [0, 0.05) is 17.0 Å². The van der Waals surface area contributed by atoms with Crippen LogP contribution in [0.25, 0.3) is 5.69 Å². The first kappa shape index (κ1) is 21.1. The lowest BCUT2D eigenvalue weighted by atomic mass is 10.2. The zero-order chi connectivity index (χ0) is 22.0. The van der Waals surface area contributed by atoms with Crippen LogP contribution in [0.2, 0.25) is 0 Å². The van der Waals surface area contributed by atoms with Crippen LogP contribution in [-0.2, 0) is 6.54 Å². The van der Waals surface area contributed by atoms with Gasteiger partial charge in [0.05, 0.1) is 18.0 Å². The molecule has 0 amide bonds. The average Bonchev–Trinajstić information content (AvgIpc) is 3.26. The molecule has 0 aliphatic heterocycles. The summed E-state index contributed by atoms with van der Waals surface area (Å²) < 4.78 is 18.1. The molecule has 0 radical (unpaired) electrons. The Hall–Kier alpha value is -3.19. The lowest BCUT2D eigenvalue weighted by Crippen LogP contribution is -2.08. The highest BCUT2D eigenvalue weighted by Crippen LogP contribution is 2.25. The predicted molar refractivity (Wildman–Crippen MR) is 121 cm³/mol. The largest absolute Gasteiger partial charge is 0.315 e. The van der Waals surface area contributed by atoms with Crippen molar-refractivity contribution in [2.24, 2.45) is 0 Å². The molecule has 0 bridgehead atoms. The van der Waals surface area contributed by atoms with E-state index in [9.17, 15) is 9.18 Å². The molecular formula is C24H23FN4OS. The van der Waals surface area contributed by atoms with Gasteiger partial charge in [-0.2, -0.15) is 0 Å². The number of thioether (sulfide) groups is 1. The van der Waals surface area contributed by atoms with Crippen LogP contribution in [0.5, 0.6) is 0 Å². The molecule has 0 saturated carbocycles. The zero-order valence-corrected chi connectivity index (χ0v) is 18.5. The highest BCUT2D eigenvalue weighted by molar-refractivity contribution is 7.99. The monoisotopic (exact) mass is 434 g/mol. The van der Waals surface area contributed by atoms with E-state index in [1.54, 1.807) is 22.8 Å². The number of Topliss-reactive ketones (excluding diaryl/α,β-unsaturated/α-hetero) is 1. The summed E-state index contributed by atoms with van der Waals surface area (Å²) >= 11 is 1.37. The molecule has 0 spiro atoms. The van der Waals surface area contributed by atoms with Gasteiger partial charge in [-0.05, 0) is 44.5 Å². The Bertz CT molecular complexity index is 1230. The molecule has 0 aliphatic carbocycles. The summed E-state index contributed by atoms with van der Waals surface area (Å²) in [5, 5.41) is 9.14. The summed E-state index contributed by atoms with van der Waals surface area (Å²) in [4.78, 5) is 13.0. The third kappa shape index (κ3) is 4.32. The summed E-state index contributed by atoms with van der Waals surface area (Å²) in [6.45, 7) is 6.28. The molecule has 2 aromatic heterocycles. The second-order valence-corrected chi connectivity index (χ2v) is 8.33. The molecule has 4 aromatic rings. The summed E-state index contributed by atoms with van der Waals surface area (Å²) in [6.07, 6.45) is 0. The van der Waals surface area contributed by atoms with Crippen molar-refractivity contribution in [1.82, 2.24) is 19.3 Å². The van der Waals surface area contributed by atoms with Gasteiger partial charge in [-0.3, -0.25) is 4.79 Å². The molecular weight excluding hydrogens is 411 g/mol. The Morgan fingerprint density at radius 3 is 2.45 bits per heavy atom. The maximum Gasteiger partial charge on any atom is 0.191 e. The number of nitrogens with zero attached hydrogens (tertiary/aromatic N) is 4. The first-order chi connectivity index (χ1) is 15.0. The second-order valence-electron chi connectivity index (χ2n) is 7.39. The molecule has 4 rings (SSSR count). The topological polar surface area (TPSA) is 52.7 Å². The maximum atomic E-state index is 14.3. The molecule has 7 heteroatoms. The van der Waals surface area contributed by atoms with Crippen LogP contribution in [0.15, 0.2) is 65.8 Å². The third-order valence-corrected chi connectivity index (χ3v) is 6.21. The van der Waals surface area contributed by atoms with Crippen LogP contribution >= 0.6 is 11.8 Å². The number of para-hydroxylation sites is 1. The number of halogens is 1. The molecule has 0 N–H and O–H groups in total. The second kappa shape index (κ2) is 8.89. The Labute approximate surface area is 184 Å². The van der Waals surface area contributed by atoms with Crippen molar-refractivity contribution in [1.29, 1.82) is 0 Å². The van der Waals surface area contributed by atoms with Crippen LogP contribution in [0.4, 0.5) is 4.39 Å². The lowest BCUT2D eigenvalue weighted by Gasteiger charge is -2.11. The molecule has 158 valence electrons. The SMILES string of the molecule is Cc1nnc(SCC(=O)c2cc(C)n(-c3ccccc3F)c2C)n1Cc1ccccc1. The van der Waals surface area contributed by atoms with Crippen molar-refractivity contribution in [2.45, 2.75) is 32.5 Å². The fraction of sp³-hybridized carbons (Fsp3) is 0.208. The first-order valence-corrected chi connectivity index (χ1v) is 11.0. The van der Waals surface area contributed by atoms with Crippen LogP contribution in [-0.4, -0.2) is 30.9 Å². The third-order valence-electron chi connectivity index (χ3n) is 5.24. The van der Waals surface area contributed by atoms with Crippen LogP contribution < -0.4 is 0 Å². The molecule has 2 heterocycles. The summed E-state index contributed by atoms with van der Waals surface area (Å²) in [5.74, 6) is 0.695. The van der Waals surface area contributed by atoms with Crippen LogP contribution in [0.3, 0.4) is 0 Å². The van der Waals surface area contributed by atoms with Crippen LogP contribution in [0, 0.1) is 26.6 Å². The molecule has 0 unspecified atom stereocenters. The van der Waals surface area contributed by atoms with Crippen molar-refractivity contribution in [2.75, 3.05) is 5.75 Å². The number of aryl methyl sites for hydroxylation is 2. The highest BCUT2D eigenvalue weighted by Gasteiger charge is 2.20. The van der Waals surface area contributed by atoms with E-state index >= 15 is 0 Å². The lowest BCUT2D eigenvalue weighted by molar-refractivity contribution is 0.102. The van der Waals surface area contributed by atoms with Crippen molar-refractivity contribution in [3.63, 3.8) is 0 Å². The van der Waals surface area contributed by atoms with E-state index < -0.39 is 0 Å². The van der Waals surface area contributed by atoms with E-state index in [0.29, 0.717) is 23.0 Å². The first-order valence-electron chi connectivity index (χ1n) is 9.99. The molecule has 2 aromatic carbocycles. The molecule has 31 heavy (non-hydrogen) atoms. The molecule has 0 aliphatic rings. The van der Waals surface area contributed by atoms with E-state index in [1.165, 1.54) is 17.8 Å². The molecule has 0 saturated heterocycles. The Kier molecular flexibility index (Phi) is 6.04. The number of ketones is 1. The van der Waals surface area contributed by atoms with Crippen LogP contribution in [0.1, 0.15) is 33.1 Å². The smallest absolute Gasteiger partial charge is 0.191 e. The van der Waals surface area contributed by atoms with E-state index in [4.69, 9.17) is 0 Å². The van der Waals surface area contributed by atoms with Gasteiger partial charge in [-0.15, -0.1) is 10.2 Å². The fourth-order valence-electron chi connectivity index (χ4n) is 3.67. The van der Waals surface area contributed by atoms with E-state index in [2.05, 4.69) is 22.3 Å². The minimum atomic E-state index is -0.317. The number of aromatic nitrogens is 4. The normalized spacial score (nSPS) is 11.1.